The van der Waals surface area contributed by atoms with Crippen molar-refractivity contribution in [3.8, 4) is 0 Å². The van der Waals surface area contributed by atoms with Crippen molar-refractivity contribution in [2.24, 2.45) is 0 Å². The molecule has 0 aromatic rings. The van der Waals surface area contributed by atoms with Gasteiger partial charge in [-0.15, -0.1) is 0 Å². The maximum absolute atomic E-state index is 12.7. The third-order valence-corrected chi connectivity index (χ3v) is 1.97. The molecule has 0 aromatic heterocycles. The lowest BCUT2D eigenvalue weighted by Crippen LogP contribution is -2.36. The van der Waals surface area contributed by atoms with Crippen LogP contribution in [0.15, 0.2) is 0 Å². The Balaban J connectivity index is 2.42. The Morgan fingerprint density at radius 1 is 1.30 bits per heavy atom. The van der Waals surface area contributed by atoms with Crippen molar-refractivity contribution in [1.29, 1.82) is 0 Å². The molecule has 0 aromatic carbocycles. The van der Waals surface area contributed by atoms with Crippen LogP contribution in [0.5, 0.6) is 0 Å². The molecule has 3 atom stereocenters. The van der Waals surface area contributed by atoms with Gasteiger partial charge in [0.25, 0.3) is 0 Å². The van der Waals surface area contributed by atoms with Gasteiger partial charge in [-0.1, -0.05) is 0 Å². The smallest absolute Gasteiger partial charge is 0.157 e. The average molecular weight is 150 g/mol. The second kappa shape index (κ2) is 3.28. The maximum atomic E-state index is 12.7. The molecule has 3 unspecified atom stereocenters. The van der Waals surface area contributed by atoms with Gasteiger partial charge in [0, 0.05) is 7.11 Å². The molecule has 0 N–H and O–H groups in total. The summed E-state index contributed by atoms with van der Waals surface area (Å²) in [4.78, 5) is 0. The Morgan fingerprint density at radius 3 is 2.50 bits per heavy atom. The van der Waals surface area contributed by atoms with Crippen molar-refractivity contribution in [3.05, 3.63) is 0 Å². The van der Waals surface area contributed by atoms with E-state index >= 15 is 0 Å². The van der Waals surface area contributed by atoms with E-state index in [0.717, 1.165) is 6.42 Å². The fraction of sp³-hybridized carbons (Fsp3) is 1.00. The Morgan fingerprint density at radius 2 is 2.00 bits per heavy atom. The molecule has 1 saturated carbocycles. The molecule has 10 heavy (non-hydrogen) atoms. The average Bonchev–Trinajstić information content (AvgIpc) is 1.95. The minimum Gasteiger partial charge on any atom is -0.378 e. The number of hydrogen-bond acceptors (Lipinski definition) is 1. The Kier molecular flexibility index (Phi) is 2.60. The van der Waals surface area contributed by atoms with Crippen LogP contribution in [0.2, 0.25) is 0 Å². The molecule has 0 bridgehead atoms. The molecule has 0 radical (unpaired) electrons. The fourth-order valence-electron chi connectivity index (χ4n) is 1.31. The van der Waals surface area contributed by atoms with E-state index < -0.39 is 18.4 Å². The molecule has 0 amide bonds. The summed E-state index contributed by atoms with van der Waals surface area (Å²) < 4.78 is 30.1. The van der Waals surface area contributed by atoms with Gasteiger partial charge >= 0.3 is 0 Å². The number of halogens is 2. The number of rotatable bonds is 1. The van der Waals surface area contributed by atoms with Crippen LogP contribution in [0.25, 0.3) is 0 Å². The van der Waals surface area contributed by atoms with Gasteiger partial charge in [-0.2, -0.15) is 0 Å². The monoisotopic (exact) mass is 150 g/mol. The number of ether oxygens (including phenoxy) is 1. The molecule has 60 valence electrons. The number of hydrogen-bond donors (Lipinski definition) is 0. The topological polar surface area (TPSA) is 9.23 Å². The first kappa shape index (κ1) is 7.92. The van der Waals surface area contributed by atoms with Gasteiger partial charge in [-0.05, 0) is 19.3 Å². The molecule has 0 aliphatic heterocycles. The molecule has 1 nitrogen and oxygen atoms in total. The molecule has 1 fully saturated rings. The standard InChI is InChI=1S/C7H12F2O/c1-10-6-4-2-3-5(8)7(6)9/h5-7H,2-4H2,1H3. The van der Waals surface area contributed by atoms with Gasteiger partial charge in [-0.25, -0.2) is 8.78 Å². The number of alkyl halides is 2. The van der Waals surface area contributed by atoms with Crippen LogP contribution >= 0.6 is 0 Å². The molecule has 1 aliphatic carbocycles. The zero-order chi connectivity index (χ0) is 7.56. The summed E-state index contributed by atoms with van der Waals surface area (Å²) in [6.07, 6.45) is -1.49. The van der Waals surface area contributed by atoms with Crippen molar-refractivity contribution < 1.29 is 13.5 Å². The first-order valence-corrected chi connectivity index (χ1v) is 3.56. The Hall–Kier alpha value is -0.180. The summed E-state index contributed by atoms with van der Waals surface area (Å²) >= 11 is 0. The summed E-state index contributed by atoms with van der Waals surface area (Å²) in [7, 11) is 1.43. The van der Waals surface area contributed by atoms with Crippen molar-refractivity contribution in [1.82, 2.24) is 0 Å². The predicted octanol–water partition coefficient (Wildman–Crippen LogP) is 1.86. The number of methoxy groups -OCH3 is 1. The molecule has 0 saturated heterocycles. The van der Waals surface area contributed by atoms with Gasteiger partial charge in [0.1, 0.15) is 6.17 Å². The largest absolute Gasteiger partial charge is 0.378 e. The lowest BCUT2D eigenvalue weighted by molar-refractivity contribution is -0.0327. The molecule has 1 rings (SSSR count). The molecule has 0 spiro atoms. The second-order valence-corrected chi connectivity index (χ2v) is 2.67. The lowest BCUT2D eigenvalue weighted by Gasteiger charge is -2.27. The van der Waals surface area contributed by atoms with Crippen LogP contribution in [-0.4, -0.2) is 25.6 Å². The van der Waals surface area contributed by atoms with Gasteiger partial charge in [-0.3, -0.25) is 0 Å². The van der Waals surface area contributed by atoms with Gasteiger partial charge in [0.2, 0.25) is 0 Å². The molecule has 3 heteroatoms. The maximum Gasteiger partial charge on any atom is 0.157 e. The predicted molar refractivity (Wildman–Crippen MR) is 34.4 cm³/mol. The van der Waals surface area contributed by atoms with Crippen LogP contribution in [0.1, 0.15) is 19.3 Å². The van der Waals surface area contributed by atoms with E-state index in [1.165, 1.54) is 7.11 Å². The molecular weight excluding hydrogens is 138 g/mol. The van der Waals surface area contributed by atoms with Crippen LogP contribution in [-0.2, 0) is 4.74 Å². The highest BCUT2D eigenvalue weighted by Crippen LogP contribution is 2.25. The minimum atomic E-state index is -1.40. The highest BCUT2D eigenvalue weighted by Gasteiger charge is 2.33. The lowest BCUT2D eigenvalue weighted by atomic mass is 9.94. The highest BCUT2D eigenvalue weighted by atomic mass is 19.2. The van der Waals surface area contributed by atoms with Crippen LogP contribution in [0, 0.1) is 0 Å². The summed E-state index contributed by atoms with van der Waals surface area (Å²) in [5.74, 6) is 0. The molecule has 1 aliphatic rings. The van der Waals surface area contributed by atoms with E-state index in [9.17, 15) is 8.78 Å². The third kappa shape index (κ3) is 1.45. The third-order valence-electron chi connectivity index (χ3n) is 1.97. The molecule has 0 heterocycles. The fourth-order valence-corrected chi connectivity index (χ4v) is 1.31. The van der Waals surface area contributed by atoms with Crippen LogP contribution in [0.4, 0.5) is 8.78 Å². The van der Waals surface area contributed by atoms with Crippen molar-refractivity contribution in [2.75, 3.05) is 7.11 Å². The van der Waals surface area contributed by atoms with E-state index in [4.69, 9.17) is 4.74 Å². The summed E-state index contributed by atoms with van der Waals surface area (Å²) in [5.41, 5.74) is 0. The van der Waals surface area contributed by atoms with Crippen LogP contribution in [0.3, 0.4) is 0 Å². The highest BCUT2D eigenvalue weighted by molar-refractivity contribution is 4.82. The summed E-state index contributed by atoms with van der Waals surface area (Å²) in [6.45, 7) is 0. The van der Waals surface area contributed by atoms with Crippen molar-refractivity contribution >= 4 is 0 Å². The summed E-state index contributed by atoms with van der Waals surface area (Å²) in [6, 6.07) is 0. The van der Waals surface area contributed by atoms with Gasteiger partial charge < -0.3 is 4.74 Å². The normalized spacial score (nSPS) is 41.7. The Bertz CT molecular complexity index is 108. The van der Waals surface area contributed by atoms with Crippen molar-refractivity contribution in [3.63, 3.8) is 0 Å². The Labute approximate surface area is 59.4 Å². The zero-order valence-corrected chi connectivity index (χ0v) is 6.02. The first-order chi connectivity index (χ1) is 4.75. The van der Waals surface area contributed by atoms with Crippen molar-refractivity contribution in [2.45, 2.75) is 37.7 Å². The quantitative estimate of drug-likeness (QED) is 0.554. The zero-order valence-electron chi connectivity index (χ0n) is 6.02. The second-order valence-electron chi connectivity index (χ2n) is 2.67. The van der Waals surface area contributed by atoms with Crippen LogP contribution < -0.4 is 0 Å². The van der Waals surface area contributed by atoms with E-state index in [2.05, 4.69) is 0 Å². The van der Waals surface area contributed by atoms with Gasteiger partial charge in [0.15, 0.2) is 6.17 Å². The van der Waals surface area contributed by atoms with E-state index in [1.807, 2.05) is 0 Å². The van der Waals surface area contributed by atoms with E-state index in [0.29, 0.717) is 12.8 Å². The van der Waals surface area contributed by atoms with Gasteiger partial charge in [0.05, 0.1) is 6.10 Å². The van der Waals surface area contributed by atoms with E-state index in [-0.39, 0.29) is 0 Å². The summed E-state index contributed by atoms with van der Waals surface area (Å²) in [5, 5.41) is 0. The molecular formula is C7H12F2O. The SMILES string of the molecule is COC1CCCC(F)C1F. The minimum absolute atomic E-state index is 0.348. The van der Waals surface area contributed by atoms with E-state index in [1.54, 1.807) is 0 Å². The first-order valence-electron chi connectivity index (χ1n) is 3.56.